The lowest BCUT2D eigenvalue weighted by atomic mass is 9.67. The van der Waals surface area contributed by atoms with Gasteiger partial charge in [0, 0.05) is 21.3 Å². The van der Waals surface area contributed by atoms with Crippen LogP contribution in [0.25, 0.3) is 0 Å². The molecule has 2 aliphatic carbocycles. The molecule has 0 bridgehead atoms. The average Bonchev–Trinajstić information content (AvgIpc) is 2.86. The second kappa shape index (κ2) is 4.32. The van der Waals surface area contributed by atoms with Gasteiger partial charge in [0.1, 0.15) is 0 Å². The predicted molar refractivity (Wildman–Crippen MR) is 80.9 cm³/mol. The number of nitrogens with zero attached hydrogens (tertiary/aromatic N) is 1. The number of nitriles is 1. The third kappa shape index (κ3) is 1.81. The minimum Gasteiger partial charge on any atom is -0.219 e. The molecule has 0 fully saturated rings. The molecule has 0 amide bonds. The van der Waals surface area contributed by atoms with Gasteiger partial charge in [-0.05, 0) is 25.0 Å². The van der Waals surface area contributed by atoms with Crippen LogP contribution < -0.4 is 0 Å². The molecule has 3 nitrogen and oxygen atoms in total. The Morgan fingerprint density at radius 1 is 1.19 bits per heavy atom. The van der Waals surface area contributed by atoms with Crippen molar-refractivity contribution in [3.63, 3.8) is 0 Å². The van der Waals surface area contributed by atoms with Crippen molar-refractivity contribution in [2.24, 2.45) is 10.8 Å². The molecule has 1 aromatic rings. The molecule has 2 unspecified atom stereocenters. The van der Waals surface area contributed by atoms with Crippen LogP contribution in [0.5, 0.6) is 0 Å². The molecule has 0 aliphatic heterocycles. The van der Waals surface area contributed by atoms with Crippen LogP contribution in [-0.4, -0.2) is 8.42 Å². The highest BCUT2D eigenvalue weighted by molar-refractivity contribution is 7.95. The van der Waals surface area contributed by atoms with E-state index in [0.717, 1.165) is 6.42 Å². The molecule has 21 heavy (non-hydrogen) atoms. The largest absolute Gasteiger partial charge is 0.219 e. The molecule has 108 valence electrons. The van der Waals surface area contributed by atoms with Crippen LogP contribution in [0.3, 0.4) is 0 Å². The van der Waals surface area contributed by atoms with Crippen molar-refractivity contribution in [2.75, 3.05) is 0 Å². The molecule has 2 aliphatic rings. The van der Waals surface area contributed by atoms with E-state index in [9.17, 15) is 13.7 Å². The molecule has 0 spiro atoms. The average molecular weight is 299 g/mol. The number of rotatable bonds is 2. The summed E-state index contributed by atoms with van der Waals surface area (Å²) in [6, 6.07) is 10.7. The van der Waals surface area contributed by atoms with E-state index in [1.165, 1.54) is 0 Å². The Morgan fingerprint density at radius 2 is 1.86 bits per heavy atom. The number of fused-ring (bicyclic) bond motifs is 1. The van der Waals surface area contributed by atoms with Crippen molar-refractivity contribution < 1.29 is 8.42 Å². The highest BCUT2D eigenvalue weighted by atomic mass is 32.2. The second-order valence-corrected chi connectivity index (χ2v) is 8.29. The normalized spacial score (nSPS) is 31.3. The Balaban J connectivity index is 2.06. The van der Waals surface area contributed by atoms with E-state index in [0.29, 0.717) is 21.8 Å². The maximum absolute atomic E-state index is 12.8. The van der Waals surface area contributed by atoms with Gasteiger partial charge in [-0.1, -0.05) is 44.2 Å². The van der Waals surface area contributed by atoms with Gasteiger partial charge in [-0.2, -0.15) is 5.26 Å². The molecular weight excluding hydrogens is 282 g/mol. The first-order valence-electron chi connectivity index (χ1n) is 6.96. The lowest BCUT2D eigenvalue weighted by molar-refractivity contribution is 0.222. The van der Waals surface area contributed by atoms with Gasteiger partial charge in [0.05, 0.1) is 11.0 Å². The standard InChI is InChI=1S/C17H17NO2S/c1-16-9-8-13(12-18)17(16,2)11-15(10-16)21(19,20)14-6-4-3-5-7-14/h3-8,10H,9,11H2,1-2H3. The van der Waals surface area contributed by atoms with Crippen LogP contribution in [0, 0.1) is 22.2 Å². The van der Waals surface area contributed by atoms with Crippen LogP contribution in [-0.2, 0) is 9.84 Å². The fourth-order valence-corrected chi connectivity index (χ4v) is 5.15. The maximum Gasteiger partial charge on any atom is 0.202 e. The van der Waals surface area contributed by atoms with Gasteiger partial charge in [-0.15, -0.1) is 0 Å². The summed E-state index contributed by atoms with van der Waals surface area (Å²) in [5, 5.41) is 9.31. The van der Waals surface area contributed by atoms with Crippen molar-refractivity contribution in [1.29, 1.82) is 5.26 Å². The first kappa shape index (κ1) is 14.1. The quantitative estimate of drug-likeness (QED) is 0.838. The van der Waals surface area contributed by atoms with Gasteiger partial charge in [-0.25, -0.2) is 8.42 Å². The molecule has 1 aromatic carbocycles. The zero-order chi connectivity index (χ0) is 15.3. The lowest BCUT2D eigenvalue weighted by Crippen LogP contribution is -2.29. The SMILES string of the molecule is CC12C=C(S(=O)(=O)c3ccccc3)CC1(C)C(C#N)=CC2. The van der Waals surface area contributed by atoms with Gasteiger partial charge in [-0.3, -0.25) is 0 Å². The summed E-state index contributed by atoms with van der Waals surface area (Å²) in [4.78, 5) is 0.769. The molecule has 4 heteroatoms. The molecule has 0 saturated carbocycles. The maximum atomic E-state index is 12.8. The van der Waals surface area contributed by atoms with Crippen molar-refractivity contribution in [2.45, 2.75) is 31.6 Å². The number of allylic oxidation sites excluding steroid dienone is 4. The monoisotopic (exact) mass is 299 g/mol. The zero-order valence-electron chi connectivity index (χ0n) is 12.1. The summed E-state index contributed by atoms with van der Waals surface area (Å²) in [7, 11) is -3.46. The molecule has 0 saturated heterocycles. The van der Waals surface area contributed by atoms with Crippen molar-refractivity contribution in [3.05, 3.63) is 53.0 Å². The Kier molecular flexibility index (Phi) is 2.90. The van der Waals surface area contributed by atoms with Crippen LogP contribution in [0.4, 0.5) is 0 Å². The van der Waals surface area contributed by atoms with E-state index in [1.54, 1.807) is 30.3 Å². The summed E-state index contributed by atoms with van der Waals surface area (Å²) in [5.41, 5.74) is 0.0216. The van der Waals surface area contributed by atoms with Crippen molar-refractivity contribution in [3.8, 4) is 6.07 Å². The number of hydrogen-bond acceptors (Lipinski definition) is 3. The van der Waals surface area contributed by atoms with Gasteiger partial charge in [0.25, 0.3) is 0 Å². The molecule has 0 N–H and O–H groups in total. The molecule has 2 atom stereocenters. The van der Waals surface area contributed by atoms with Crippen LogP contribution in [0.15, 0.2) is 57.9 Å². The van der Waals surface area contributed by atoms with Crippen LogP contribution in [0.2, 0.25) is 0 Å². The summed E-state index contributed by atoms with van der Waals surface area (Å²) < 4.78 is 25.5. The van der Waals surface area contributed by atoms with Crippen molar-refractivity contribution in [1.82, 2.24) is 0 Å². The fraction of sp³-hybridized carbons (Fsp3) is 0.353. The first-order valence-corrected chi connectivity index (χ1v) is 8.44. The van der Waals surface area contributed by atoms with Crippen LogP contribution >= 0.6 is 0 Å². The minimum absolute atomic E-state index is 0.282. The third-order valence-corrected chi connectivity index (χ3v) is 6.96. The van der Waals surface area contributed by atoms with Crippen molar-refractivity contribution >= 4 is 9.84 Å². The molecule has 0 aromatic heterocycles. The molecule has 0 radical (unpaired) electrons. The smallest absolute Gasteiger partial charge is 0.202 e. The Bertz CT molecular complexity index is 799. The zero-order valence-corrected chi connectivity index (χ0v) is 12.9. The lowest BCUT2D eigenvalue weighted by Gasteiger charge is -2.34. The number of benzene rings is 1. The predicted octanol–water partition coefficient (Wildman–Crippen LogP) is 3.61. The van der Waals surface area contributed by atoms with Gasteiger partial charge >= 0.3 is 0 Å². The van der Waals surface area contributed by atoms with E-state index in [2.05, 4.69) is 6.07 Å². The van der Waals surface area contributed by atoms with Gasteiger partial charge in [0.2, 0.25) is 9.84 Å². The number of hydrogen-bond donors (Lipinski definition) is 0. The Labute approximate surface area is 125 Å². The van der Waals surface area contributed by atoms with Gasteiger partial charge < -0.3 is 0 Å². The summed E-state index contributed by atoms with van der Waals surface area (Å²) >= 11 is 0. The van der Waals surface area contributed by atoms with E-state index in [1.807, 2.05) is 26.0 Å². The Hall–Kier alpha value is -1.86. The summed E-state index contributed by atoms with van der Waals surface area (Å²) in [5.74, 6) is 0. The van der Waals surface area contributed by atoms with E-state index >= 15 is 0 Å². The highest BCUT2D eigenvalue weighted by Crippen LogP contribution is 2.62. The topological polar surface area (TPSA) is 57.9 Å². The highest BCUT2D eigenvalue weighted by Gasteiger charge is 2.55. The first-order chi connectivity index (χ1) is 9.83. The third-order valence-electron chi connectivity index (χ3n) is 5.11. The molecule has 3 rings (SSSR count). The Morgan fingerprint density at radius 3 is 2.48 bits per heavy atom. The van der Waals surface area contributed by atoms with E-state index in [-0.39, 0.29) is 5.41 Å². The van der Waals surface area contributed by atoms with E-state index < -0.39 is 15.3 Å². The number of sulfone groups is 1. The summed E-state index contributed by atoms with van der Waals surface area (Å²) in [6.07, 6.45) is 4.94. The molecular formula is C17H17NO2S. The van der Waals surface area contributed by atoms with E-state index in [4.69, 9.17) is 0 Å². The molecule has 0 heterocycles. The van der Waals surface area contributed by atoms with Crippen LogP contribution in [0.1, 0.15) is 26.7 Å². The second-order valence-electron chi connectivity index (χ2n) is 6.29. The fourth-order valence-electron chi connectivity index (χ4n) is 3.44. The van der Waals surface area contributed by atoms with Gasteiger partial charge in [0.15, 0.2) is 0 Å². The summed E-state index contributed by atoms with van der Waals surface area (Å²) in [6.45, 7) is 4.04. The minimum atomic E-state index is -3.46.